The zero-order valence-electron chi connectivity index (χ0n) is 11.1. The second-order valence-electron chi connectivity index (χ2n) is 5.57. The molecular weight excluding hydrogens is 248 g/mol. The van der Waals surface area contributed by atoms with Crippen LogP contribution in [-0.4, -0.2) is 47.4 Å². The molecule has 1 unspecified atom stereocenters. The monoisotopic (exact) mass is 268 g/mol. The first-order chi connectivity index (χ1) is 8.97. The van der Waals surface area contributed by atoms with E-state index in [-0.39, 0.29) is 29.7 Å². The minimum Gasteiger partial charge on any atom is -0.481 e. The minimum absolute atomic E-state index is 0.0306. The van der Waals surface area contributed by atoms with Gasteiger partial charge in [0, 0.05) is 25.9 Å². The lowest BCUT2D eigenvalue weighted by Gasteiger charge is -2.26. The van der Waals surface area contributed by atoms with Gasteiger partial charge >= 0.3 is 5.97 Å². The fourth-order valence-electron chi connectivity index (χ4n) is 2.88. The highest BCUT2D eigenvalue weighted by Crippen LogP contribution is 2.29. The van der Waals surface area contributed by atoms with Crippen LogP contribution in [0.1, 0.15) is 32.1 Å². The van der Waals surface area contributed by atoms with Crippen molar-refractivity contribution in [3.63, 3.8) is 0 Å². The second-order valence-corrected chi connectivity index (χ2v) is 5.57. The van der Waals surface area contributed by atoms with Crippen LogP contribution in [0, 0.1) is 11.8 Å². The molecule has 1 atom stereocenters. The second kappa shape index (κ2) is 5.59. The molecule has 19 heavy (non-hydrogen) atoms. The van der Waals surface area contributed by atoms with Crippen molar-refractivity contribution in [2.45, 2.75) is 38.1 Å². The molecule has 0 spiro atoms. The normalized spacial score (nSPS) is 31.3. The van der Waals surface area contributed by atoms with Crippen LogP contribution in [0.15, 0.2) is 0 Å². The molecule has 6 heteroatoms. The van der Waals surface area contributed by atoms with E-state index < -0.39 is 5.97 Å². The number of rotatable bonds is 3. The first-order valence-electron chi connectivity index (χ1n) is 6.74. The highest BCUT2D eigenvalue weighted by atomic mass is 16.4. The van der Waals surface area contributed by atoms with E-state index in [2.05, 4.69) is 5.32 Å². The van der Waals surface area contributed by atoms with Crippen molar-refractivity contribution in [3.8, 4) is 0 Å². The third-order valence-corrected chi connectivity index (χ3v) is 4.13. The summed E-state index contributed by atoms with van der Waals surface area (Å²) in [6, 6.07) is -0.0952. The van der Waals surface area contributed by atoms with Gasteiger partial charge in [-0.05, 0) is 25.7 Å². The van der Waals surface area contributed by atoms with Crippen molar-refractivity contribution in [1.29, 1.82) is 0 Å². The summed E-state index contributed by atoms with van der Waals surface area (Å²) in [5.74, 6) is -1.14. The van der Waals surface area contributed by atoms with Crippen molar-refractivity contribution in [2.24, 2.45) is 11.8 Å². The first-order valence-corrected chi connectivity index (χ1v) is 6.74. The zero-order chi connectivity index (χ0) is 14.0. The van der Waals surface area contributed by atoms with Crippen LogP contribution in [0.4, 0.5) is 0 Å². The van der Waals surface area contributed by atoms with E-state index in [0.717, 1.165) is 0 Å². The van der Waals surface area contributed by atoms with Crippen molar-refractivity contribution >= 4 is 17.8 Å². The van der Waals surface area contributed by atoms with Gasteiger partial charge in [0.25, 0.3) is 0 Å². The molecule has 0 aromatic heterocycles. The third kappa shape index (κ3) is 3.24. The Morgan fingerprint density at radius 1 is 1.21 bits per heavy atom. The number of hydrogen-bond donors (Lipinski definition) is 2. The molecule has 2 fully saturated rings. The van der Waals surface area contributed by atoms with Crippen LogP contribution < -0.4 is 5.32 Å². The van der Waals surface area contributed by atoms with E-state index in [4.69, 9.17) is 5.11 Å². The fourth-order valence-corrected chi connectivity index (χ4v) is 2.88. The largest absolute Gasteiger partial charge is 0.481 e. The SMILES string of the molecule is CN1CC(NC(=O)C2CCC(C(=O)O)CC2)CC1=O. The summed E-state index contributed by atoms with van der Waals surface area (Å²) in [6.07, 6.45) is 2.75. The molecule has 1 saturated heterocycles. The number of likely N-dealkylation sites (N-methyl/N-ethyl adjacent to an activating group) is 1. The molecule has 0 aromatic carbocycles. The molecular formula is C13H20N2O4. The van der Waals surface area contributed by atoms with Crippen LogP contribution in [0.2, 0.25) is 0 Å². The number of nitrogens with zero attached hydrogens (tertiary/aromatic N) is 1. The topological polar surface area (TPSA) is 86.7 Å². The number of aliphatic carboxylic acids is 1. The summed E-state index contributed by atoms with van der Waals surface area (Å²) in [5, 5.41) is 11.8. The van der Waals surface area contributed by atoms with Crippen LogP contribution in [0.5, 0.6) is 0 Å². The van der Waals surface area contributed by atoms with Gasteiger partial charge in [0.2, 0.25) is 11.8 Å². The molecule has 1 aliphatic carbocycles. The van der Waals surface area contributed by atoms with Gasteiger partial charge in [-0.15, -0.1) is 0 Å². The average molecular weight is 268 g/mol. The van der Waals surface area contributed by atoms with Crippen LogP contribution in [0.3, 0.4) is 0 Å². The number of likely N-dealkylation sites (tertiary alicyclic amines) is 1. The molecule has 2 aliphatic rings. The van der Waals surface area contributed by atoms with Crippen molar-refractivity contribution in [1.82, 2.24) is 10.2 Å². The van der Waals surface area contributed by atoms with E-state index in [9.17, 15) is 14.4 Å². The van der Waals surface area contributed by atoms with Gasteiger partial charge < -0.3 is 15.3 Å². The molecule has 2 amide bonds. The molecule has 0 bridgehead atoms. The van der Waals surface area contributed by atoms with Crippen LogP contribution >= 0.6 is 0 Å². The molecule has 2 rings (SSSR count). The van der Waals surface area contributed by atoms with Gasteiger partial charge in [-0.3, -0.25) is 14.4 Å². The Morgan fingerprint density at radius 2 is 1.79 bits per heavy atom. The summed E-state index contributed by atoms with van der Waals surface area (Å²) >= 11 is 0. The number of amides is 2. The molecule has 6 nitrogen and oxygen atoms in total. The Labute approximate surface area is 112 Å². The molecule has 1 aliphatic heterocycles. The number of carboxylic acid groups (broad SMARTS) is 1. The van der Waals surface area contributed by atoms with Gasteiger partial charge in [-0.2, -0.15) is 0 Å². The number of carboxylic acids is 1. The maximum absolute atomic E-state index is 12.1. The van der Waals surface area contributed by atoms with Gasteiger partial charge in [0.15, 0.2) is 0 Å². The molecule has 0 radical (unpaired) electrons. The van der Waals surface area contributed by atoms with Gasteiger partial charge in [0.05, 0.1) is 12.0 Å². The first kappa shape index (κ1) is 13.8. The average Bonchev–Trinajstić information content (AvgIpc) is 2.68. The predicted octanol–water partition coefficient (Wildman–Crippen LogP) is 0.224. The molecule has 106 valence electrons. The Bertz CT molecular complexity index is 388. The molecule has 1 heterocycles. The van der Waals surface area contributed by atoms with E-state index in [1.165, 1.54) is 0 Å². The van der Waals surface area contributed by atoms with E-state index >= 15 is 0 Å². The van der Waals surface area contributed by atoms with Gasteiger partial charge in [-0.25, -0.2) is 0 Å². The number of nitrogens with one attached hydrogen (secondary N) is 1. The lowest BCUT2D eigenvalue weighted by Crippen LogP contribution is -2.41. The van der Waals surface area contributed by atoms with E-state index in [0.29, 0.717) is 38.6 Å². The highest BCUT2D eigenvalue weighted by Gasteiger charge is 2.33. The summed E-state index contributed by atoms with van der Waals surface area (Å²) in [5.41, 5.74) is 0. The van der Waals surface area contributed by atoms with Crippen LogP contribution in [-0.2, 0) is 14.4 Å². The van der Waals surface area contributed by atoms with Crippen molar-refractivity contribution in [3.05, 3.63) is 0 Å². The molecule has 2 N–H and O–H groups in total. The standard InChI is InChI=1S/C13H20N2O4/c1-15-7-10(6-11(15)16)14-12(17)8-2-4-9(5-3-8)13(18)19/h8-10H,2-7H2,1H3,(H,14,17)(H,18,19). The van der Waals surface area contributed by atoms with Gasteiger partial charge in [0.1, 0.15) is 0 Å². The van der Waals surface area contributed by atoms with E-state index in [1.807, 2.05) is 0 Å². The number of carbonyl (C=O) groups excluding carboxylic acids is 2. The smallest absolute Gasteiger partial charge is 0.306 e. The molecule has 1 saturated carbocycles. The zero-order valence-corrected chi connectivity index (χ0v) is 11.1. The third-order valence-electron chi connectivity index (χ3n) is 4.13. The summed E-state index contributed by atoms with van der Waals surface area (Å²) in [4.78, 5) is 35.9. The highest BCUT2D eigenvalue weighted by molar-refractivity contribution is 5.83. The summed E-state index contributed by atoms with van der Waals surface area (Å²) in [7, 11) is 1.73. The Morgan fingerprint density at radius 3 is 2.26 bits per heavy atom. The molecule has 0 aromatic rings. The predicted molar refractivity (Wildman–Crippen MR) is 67.3 cm³/mol. The fraction of sp³-hybridized carbons (Fsp3) is 0.769. The maximum Gasteiger partial charge on any atom is 0.306 e. The number of carbonyl (C=O) groups is 3. The summed E-state index contributed by atoms with van der Waals surface area (Å²) in [6.45, 7) is 0.565. The minimum atomic E-state index is -0.762. The lowest BCUT2D eigenvalue weighted by atomic mass is 9.81. The summed E-state index contributed by atoms with van der Waals surface area (Å²) < 4.78 is 0. The lowest BCUT2D eigenvalue weighted by molar-refractivity contribution is -0.144. The Kier molecular flexibility index (Phi) is 4.07. The Hall–Kier alpha value is -1.59. The van der Waals surface area contributed by atoms with Crippen molar-refractivity contribution in [2.75, 3.05) is 13.6 Å². The Balaban J connectivity index is 1.79. The quantitative estimate of drug-likeness (QED) is 0.767. The van der Waals surface area contributed by atoms with Crippen molar-refractivity contribution < 1.29 is 19.5 Å². The maximum atomic E-state index is 12.1. The van der Waals surface area contributed by atoms with E-state index in [1.54, 1.807) is 11.9 Å². The van der Waals surface area contributed by atoms with Gasteiger partial charge in [-0.1, -0.05) is 0 Å². The number of hydrogen-bond acceptors (Lipinski definition) is 3. The van der Waals surface area contributed by atoms with Crippen LogP contribution in [0.25, 0.3) is 0 Å².